The number of aromatic nitrogens is 3. The standard InChI is InChI=1S/C17H22N4O3/c22-17(12-21-11-16(18-19-21)13-5-6-13)20(9-14-3-1-7-23-14)10-15-4-2-8-24-15/h1,3,7,11,13,15H,2,4-6,8-10,12H2. The summed E-state index contributed by atoms with van der Waals surface area (Å²) in [6, 6.07) is 3.72. The van der Waals surface area contributed by atoms with Crippen LogP contribution in [0.4, 0.5) is 0 Å². The summed E-state index contributed by atoms with van der Waals surface area (Å²) in [5.41, 5.74) is 1.000. The fourth-order valence-electron chi connectivity index (χ4n) is 3.07. The summed E-state index contributed by atoms with van der Waals surface area (Å²) in [5.74, 6) is 1.33. The summed E-state index contributed by atoms with van der Waals surface area (Å²) in [6.45, 7) is 2.02. The summed E-state index contributed by atoms with van der Waals surface area (Å²) in [7, 11) is 0. The van der Waals surface area contributed by atoms with Crippen LogP contribution in [0.1, 0.15) is 43.1 Å². The molecule has 1 aliphatic carbocycles. The monoisotopic (exact) mass is 330 g/mol. The smallest absolute Gasteiger partial charge is 0.244 e. The Bertz CT molecular complexity index is 672. The van der Waals surface area contributed by atoms with E-state index in [0.29, 0.717) is 19.0 Å². The van der Waals surface area contributed by atoms with Crippen LogP contribution >= 0.6 is 0 Å². The second-order valence-corrected chi connectivity index (χ2v) is 6.60. The molecule has 7 nitrogen and oxygen atoms in total. The lowest BCUT2D eigenvalue weighted by molar-refractivity contribution is -0.134. The molecule has 1 saturated heterocycles. The molecule has 7 heteroatoms. The van der Waals surface area contributed by atoms with E-state index in [9.17, 15) is 4.79 Å². The van der Waals surface area contributed by atoms with E-state index in [-0.39, 0.29) is 18.6 Å². The van der Waals surface area contributed by atoms with Gasteiger partial charge in [-0.25, -0.2) is 4.68 Å². The summed E-state index contributed by atoms with van der Waals surface area (Å²) < 4.78 is 12.7. The van der Waals surface area contributed by atoms with Crippen LogP contribution in [0.5, 0.6) is 0 Å². The van der Waals surface area contributed by atoms with Crippen molar-refractivity contribution in [1.82, 2.24) is 19.9 Å². The summed E-state index contributed by atoms with van der Waals surface area (Å²) in [6.07, 6.45) is 8.04. The molecule has 0 radical (unpaired) electrons. The number of nitrogens with zero attached hydrogens (tertiary/aromatic N) is 4. The number of furan rings is 1. The first-order valence-electron chi connectivity index (χ1n) is 8.60. The maximum atomic E-state index is 12.8. The molecule has 2 aromatic rings. The molecule has 1 amide bonds. The van der Waals surface area contributed by atoms with Crippen molar-refractivity contribution in [3.63, 3.8) is 0 Å². The average Bonchev–Trinajstić information content (AvgIpc) is 3.01. The van der Waals surface area contributed by atoms with E-state index in [1.165, 1.54) is 12.8 Å². The third-order valence-electron chi connectivity index (χ3n) is 4.58. The highest BCUT2D eigenvalue weighted by Crippen LogP contribution is 2.38. The topological polar surface area (TPSA) is 73.4 Å². The van der Waals surface area contributed by atoms with E-state index in [1.54, 1.807) is 15.8 Å². The van der Waals surface area contributed by atoms with Crippen LogP contribution in [0.25, 0.3) is 0 Å². The minimum Gasteiger partial charge on any atom is -0.467 e. The van der Waals surface area contributed by atoms with Gasteiger partial charge < -0.3 is 14.1 Å². The normalized spacial score (nSPS) is 20.4. The van der Waals surface area contributed by atoms with Gasteiger partial charge in [-0.15, -0.1) is 5.10 Å². The molecule has 4 rings (SSSR count). The first-order valence-corrected chi connectivity index (χ1v) is 8.60. The quantitative estimate of drug-likeness (QED) is 0.776. The molecule has 1 aliphatic heterocycles. The van der Waals surface area contributed by atoms with Crippen LogP contribution in [-0.2, 0) is 22.6 Å². The molecule has 24 heavy (non-hydrogen) atoms. The fraction of sp³-hybridized carbons (Fsp3) is 0.588. The van der Waals surface area contributed by atoms with Crippen LogP contribution in [0.3, 0.4) is 0 Å². The minimum atomic E-state index is 0.00847. The largest absolute Gasteiger partial charge is 0.467 e. The van der Waals surface area contributed by atoms with Crippen LogP contribution in [0, 0.1) is 0 Å². The Labute approximate surface area is 140 Å². The van der Waals surface area contributed by atoms with Gasteiger partial charge in [-0.3, -0.25) is 4.79 Å². The molecule has 1 unspecified atom stereocenters. The summed E-state index contributed by atoms with van der Waals surface area (Å²) >= 11 is 0. The van der Waals surface area contributed by atoms with E-state index >= 15 is 0 Å². The molecule has 0 aromatic carbocycles. The van der Waals surface area contributed by atoms with Gasteiger partial charge in [-0.05, 0) is 37.8 Å². The first-order chi connectivity index (χ1) is 11.8. The molecule has 3 heterocycles. The van der Waals surface area contributed by atoms with E-state index in [2.05, 4.69) is 10.3 Å². The molecule has 0 N–H and O–H groups in total. The van der Waals surface area contributed by atoms with Crippen molar-refractivity contribution in [3.8, 4) is 0 Å². The average molecular weight is 330 g/mol. The van der Waals surface area contributed by atoms with Gasteiger partial charge in [0.25, 0.3) is 0 Å². The third-order valence-corrected chi connectivity index (χ3v) is 4.58. The maximum Gasteiger partial charge on any atom is 0.244 e. The lowest BCUT2D eigenvalue weighted by Gasteiger charge is -2.24. The van der Waals surface area contributed by atoms with Gasteiger partial charge in [0, 0.05) is 25.3 Å². The van der Waals surface area contributed by atoms with Crippen molar-refractivity contribution in [2.75, 3.05) is 13.2 Å². The van der Waals surface area contributed by atoms with Crippen molar-refractivity contribution in [3.05, 3.63) is 36.0 Å². The Morgan fingerprint density at radius 2 is 2.29 bits per heavy atom. The number of ether oxygens (including phenoxy) is 1. The van der Waals surface area contributed by atoms with Gasteiger partial charge in [0.15, 0.2) is 0 Å². The molecule has 2 aromatic heterocycles. The van der Waals surface area contributed by atoms with Crippen LogP contribution < -0.4 is 0 Å². The van der Waals surface area contributed by atoms with Crippen molar-refractivity contribution < 1.29 is 13.9 Å². The Morgan fingerprint density at radius 1 is 1.38 bits per heavy atom. The van der Waals surface area contributed by atoms with Gasteiger partial charge in [0.1, 0.15) is 12.3 Å². The van der Waals surface area contributed by atoms with Crippen molar-refractivity contribution in [2.45, 2.75) is 50.8 Å². The van der Waals surface area contributed by atoms with Gasteiger partial charge >= 0.3 is 0 Å². The predicted molar refractivity (Wildman–Crippen MR) is 85.1 cm³/mol. The van der Waals surface area contributed by atoms with E-state index < -0.39 is 0 Å². The fourth-order valence-corrected chi connectivity index (χ4v) is 3.07. The molecular formula is C17H22N4O3. The van der Waals surface area contributed by atoms with Gasteiger partial charge in [0.05, 0.1) is 24.6 Å². The molecule has 2 fully saturated rings. The molecule has 1 atom stereocenters. The lowest BCUT2D eigenvalue weighted by Crippen LogP contribution is -2.38. The van der Waals surface area contributed by atoms with Crippen LogP contribution in [-0.4, -0.2) is 45.1 Å². The molecule has 128 valence electrons. The van der Waals surface area contributed by atoms with Crippen molar-refractivity contribution in [2.24, 2.45) is 0 Å². The SMILES string of the molecule is O=C(Cn1cc(C2CC2)nn1)N(Cc1ccco1)CC1CCCO1. The molecular weight excluding hydrogens is 308 g/mol. The third kappa shape index (κ3) is 3.67. The van der Waals surface area contributed by atoms with Gasteiger partial charge in [-0.2, -0.15) is 0 Å². The summed E-state index contributed by atoms with van der Waals surface area (Å²) in [5, 5.41) is 8.26. The number of amides is 1. The van der Waals surface area contributed by atoms with Crippen molar-refractivity contribution in [1.29, 1.82) is 0 Å². The van der Waals surface area contributed by atoms with Crippen molar-refractivity contribution >= 4 is 5.91 Å². The zero-order valence-electron chi connectivity index (χ0n) is 13.6. The molecule has 1 saturated carbocycles. The maximum absolute atomic E-state index is 12.8. The van der Waals surface area contributed by atoms with E-state index in [4.69, 9.17) is 9.15 Å². The molecule has 0 bridgehead atoms. The number of carbonyl (C=O) groups excluding carboxylic acids is 1. The second-order valence-electron chi connectivity index (χ2n) is 6.60. The Morgan fingerprint density at radius 3 is 3.00 bits per heavy atom. The highest BCUT2D eigenvalue weighted by atomic mass is 16.5. The van der Waals surface area contributed by atoms with E-state index in [0.717, 1.165) is 30.9 Å². The Kier molecular flexibility index (Phi) is 4.34. The molecule has 0 spiro atoms. The Balaban J connectivity index is 1.42. The van der Waals surface area contributed by atoms with Gasteiger partial charge in [-0.1, -0.05) is 5.21 Å². The van der Waals surface area contributed by atoms with E-state index in [1.807, 2.05) is 18.3 Å². The predicted octanol–water partition coefficient (Wildman–Crippen LogP) is 1.96. The zero-order chi connectivity index (χ0) is 16.4. The summed E-state index contributed by atoms with van der Waals surface area (Å²) in [4.78, 5) is 14.6. The second kappa shape index (κ2) is 6.76. The number of carbonyl (C=O) groups is 1. The zero-order valence-corrected chi connectivity index (χ0v) is 13.6. The highest BCUT2D eigenvalue weighted by Gasteiger charge is 2.27. The number of hydrogen-bond donors (Lipinski definition) is 0. The lowest BCUT2D eigenvalue weighted by atomic mass is 10.2. The first kappa shape index (κ1) is 15.4. The number of rotatable bonds is 7. The van der Waals surface area contributed by atoms with Crippen LogP contribution in [0.2, 0.25) is 0 Å². The van der Waals surface area contributed by atoms with Crippen LogP contribution in [0.15, 0.2) is 29.0 Å². The Hall–Kier alpha value is -2.15. The highest BCUT2D eigenvalue weighted by molar-refractivity contribution is 5.75. The number of hydrogen-bond acceptors (Lipinski definition) is 5. The minimum absolute atomic E-state index is 0.00847. The van der Waals surface area contributed by atoms with Gasteiger partial charge in [0.2, 0.25) is 5.91 Å². The molecule has 2 aliphatic rings.